The van der Waals surface area contributed by atoms with Crippen LogP contribution in [0.2, 0.25) is 0 Å². The van der Waals surface area contributed by atoms with E-state index in [0.29, 0.717) is 23.5 Å². The van der Waals surface area contributed by atoms with Gasteiger partial charge in [-0.2, -0.15) is 0 Å². The average molecular weight is 398 g/mol. The van der Waals surface area contributed by atoms with Crippen molar-refractivity contribution < 1.29 is 14.3 Å². The second-order valence-electron chi connectivity index (χ2n) is 5.75. The van der Waals surface area contributed by atoms with E-state index in [1.807, 2.05) is 12.1 Å². The molecule has 1 saturated heterocycles. The van der Waals surface area contributed by atoms with Gasteiger partial charge >= 0.3 is 0 Å². The number of hydrogen-bond acceptors (Lipinski definition) is 3. The summed E-state index contributed by atoms with van der Waals surface area (Å²) in [6.07, 6.45) is 1.04. The number of piperidine rings is 1. The number of benzene rings is 1. The van der Waals surface area contributed by atoms with E-state index in [-0.39, 0.29) is 17.6 Å². The third-order valence-electron chi connectivity index (χ3n) is 4.19. The second-order valence-corrected chi connectivity index (χ2v) is 8.22. The summed E-state index contributed by atoms with van der Waals surface area (Å²) in [5, 5.41) is 10.5. The largest absolute Gasteiger partial charge is 0.388 e. The van der Waals surface area contributed by atoms with Crippen molar-refractivity contribution in [2.24, 2.45) is 5.92 Å². The zero-order chi connectivity index (χ0) is 16.4. The summed E-state index contributed by atoms with van der Waals surface area (Å²) in [5.74, 6) is -0.331. The number of carbonyl (C=O) groups excluding carboxylic acids is 1. The minimum atomic E-state index is -0.679. The first-order chi connectivity index (χ1) is 11.0. The molecule has 1 aromatic heterocycles. The predicted octanol–water partition coefficient (Wildman–Crippen LogP) is 4.24. The Balaban J connectivity index is 1.70. The summed E-state index contributed by atoms with van der Waals surface area (Å²) in [5.41, 5.74) is 0.699. The van der Waals surface area contributed by atoms with Crippen LogP contribution in [0.4, 0.5) is 4.39 Å². The Bertz CT molecular complexity index is 688. The first-order valence-corrected chi connectivity index (χ1v) is 9.13. The number of nitrogens with zero attached hydrogens (tertiary/aromatic N) is 1. The summed E-state index contributed by atoms with van der Waals surface area (Å²) >= 11 is 4.79. The normalized spacial score (nSPS) is 19.6. The van der Waals surface area contributed by atoms with Gasteiger partial charge in [0.25, 0.3) is 5.91 Å². The van der Waals surface area contributed by atoms with Crippen LogP contribution < -0.4 is 0 Å². The van der Waals surface area contributed by atoms with Gasteiger partial charge < -0.3 is 10.0 Å². The fraction of sp³-hybridized carbons (Fsp3) is 0.353. The van der Waals surface area contributed by atoms with Crippen LogP contribution in [-0.4, -0.2) is 29.0 Å². The van der Waals surface area contributed by atoms with Gasteiger partial charge in [-0.25, -0.2) is 4.39 Å². The highest BCUT2D eigenvalue weighted by Crippen LogP contribution is 2.31. The molecular weight excluding hydrogens is 381 g/mol. The van der Waals surface area contributed by atoms with E-state index in [1.54, 1.807) is 17.0 Å². The van der Waals surface area contributed by atoms with Crippen molar-refractivity contribution in [2.75, 3.05) is 13.1 Å². The number of amides is 1. The number of rotatable bonds is 3. The third kappa shape index (κ3) is 3.82. The van der Waals surface area contributed by atoms with Crippen LogP contribution in [0.3, 0.4) is 0 Å². The maximum absolute atomic E-state index is 13.0. The molecule has 2 heterocycles. The van der Waals surface area contributed by atoms with Gasteiger partial charge in [0.2, 0.25) is 0 Å². The van der Waals surface area contributed by atoms with Gasteiger partial charge in [0.1, 0.15) is 5.82 Å². The van der Waals surface area contributed by atoms with Crippen LogP contribution in [0.1, 0.15) is 34.2 Å². The van der Waals surface area contributed by atoms with Crippen LogP contribution in [0.5, 0.6) is 0 Å². The summed E-state index contributed by atoms with van der Waals surface area (Å²) < 4.78 is 13.9. The van der Waals surface area contributed by atoms with Crippen molar-refractivity contribution in [3.8, 4) is 0 Å². The van der Waals surface area contributed by atoms with Crippen LogP contribution >= 0.6 is 27.3 Å². The Labute approximate surface area is 146 Å². The first kappa shape index (κ1) is 16.6. The van der Waals surface area contributed by atoms with Gasteiger partial charge in [-0.3, -0.25) is 4.79 Å². The van der Waals surface area contributed by atoms with Crippen LogP contribution in [0.25, 0.3) is 0 Å². The number of hydrogen-bond donors (Lipinski definition) is 1. The van der Waals surface area contributed by atoms with Crippen molar-refractivity contribution in [3.05, 3.63) is 56.4 Å². The Morgan fingerprint density at radius 2 is 2.04 bits per heavy atom. The van der Waals surface area contributed by atoms with Crippen molar-refractivity contribution in [1.82, 2.24) is 4.90 Å². The lowest BCUT2D eigenvalue weighted by atomic mass is 9.88. The minimum Gasteiger partial charge on any atom is -0.388 e. The highest BCUT2D eigenvalue weighted by Gasteiger charge is 2.30. The third-order valence-corrected chi connectivity index (χ3v) is 5.80. The van der Waals surface area contributed by atoms with E-state index >= 15 is 0 Å². The lowest BCUT2D eigenvalue weighted by molar-refractivity contribution is 0.0404. The smallest absolute Gasteiger partial charge is 0.263 e. The van der Waals surface area contributed by atoms with Crippen LogP contribution in [0, 0.1) is 11.7 Å². The zero-order valence-corrected chi connectivity index (χ0v) is 14.8. The number of likely N-dealkylation sites (tertiary alicyclic amines) is 1. The molecule has 3 rings (SSSR count). The number of aliphatic hydroxyl groups excluding tert-OH is 1. The zero-order valence-electron chi connectivity index (χ0n) is 12.4. The molecule has 1 amide bonds. The summed E-state index contributed by atoms with van der Waals surface area (Å²) in [6.45, 7) is 1.23. The summed E-state index contributed by atoms with van der Waals surface area (Å²) in [4.78, 5) is 15.1. The topological polar surface area (TPSA) is 40.5 Å². The standard InChI is InChI=1S/C17H17BrFNO2S/c18-15-8-7-14(23-15)17(22)20-9-1-2-12(10-20)16(21)11-3-5-13(19)6-4-11/h3-8,12,16,21H,1-2,9-10H2/t12-,16+/m1/s1. The molecule has 23 heavy (non-hydrogen) atoms. The lowest BCUT2D eigenvalue weighted by Gasteiger charge is -2.35. The molecule has 0 unspecified atom stereocenters. The molecule has 1 aromatic carbocycles. The van der Waals surface area contributed by atoms with Crippen molar-refractivity contribution in [1.29, 1.82) is 0 Å². The van der Waals surface area contributed by atoms with E-state index < -0.39 is 6.10 Å². The Morgan fingerprint density at radius 1 is 1.30 bits per heavy atom. The Kier molecular flexibility index (Phi) is 5.14. The van der Waals surface area contributed by atoms with E-state index in [0.717, 1.165) is 16.6 Å². The monoisotopic (exact) mass is 397 g/mol. The van der Waals surface area contributed by atoms with E-state index in [4.69, 9.17) is 0 Å². The molecule has 0 bridgehead atoms. The highest BCUT2D eigenvalue weighted by atomic mass is 79.9. The highest BCUT2D eigenvalue weighted by molar-refractivity contribution is 9.11. The average Bonchev–Trinajstić information content (AvgIpc) is 3.01. The molecule has 2 aromatic rings. The second kappa shape index (κ2) is 7.11. The molecule has 0 spiro atoms. The molecule has 0 saturated carbocycles. The summed E-state index contributed by atoms with van der Waals surface area (Å²) in [7, 11) is 0. The molecule has 122 valence electrons. The van der Waals surface area contributed by atoms with Gasteiger partial charge in [-0.15, -0.1) is 11.3 Å². The van der Waals surface area contributed by atoms with E-state index in [1.165, 1.54) is 23.5 Å². The fourth-order valence-electron chi connectivity index (χ4n) is 2.97. The molecule has 0 aliphatic carbocycles. The van der Waals surface area contributed by atoms with Crippen molar-refractivity contribution >= 4 is 33.2 Å². The quantitative estimate of drug-likeness (QED) is 0.841. The van der Waals surface area contributed by atoms with Gasteiger partial charge in [0.15, 0.2) is 0 Å². The van der Waals surface area contributed by atoms with E-state index in [9.17, 15) is 14.3 Å². The molecule has 2 atom stereocenters. The van der Waals surface area contributed by atoms with E-state index in [2.05, 4.69) is 15.9 Å². The minimum absolute atomic E-state index is 0.0108. The fourth-order valence-corrected chi connectivity index (χ4v) is 4.32. The molecule has 3 nitrogen and oxygen atoms in total. The van der Waals surface area contributed by atoms with Gasteiger partial charge in [0, 0.05) is 19.0 Å². The maximum Gasteiger partial charge on any atom is 0.263 e. The number of halogens is 2. The molecule has 1 aliphatic heterocycles. The first-order valence-electron chi connectivity index (χ1n) is 7.53. The van der Waals surface area contributed by atoms with Crippen LogP contribution in [0.15, 0.2) is 40.2 Å². The molecule has 0 radical (unpaired) electrons. The number of aliphatic hydroxyl groups is 1. The van der Waals surface area contributed by atoms with Crippen molar-refractivity contribution in [3.63, 3.8) is 0 Å². The maximum atomic E-state index is 13.0. The predicted molar refractivity (Wildman–Crippen MR) is 92.0 cm³/mol. The summed E-state index contributed by atoms with van der Waals surface area (Å²) in [6, 6.07) is 9.61. The molecule has 1 fully saturated rings. The number of thiophene rings is 1. The van der Waals surface area contributed by atoms with Gasteiger partial charge in [0.05, 0.1) is 14.8 Å². The Hall–Kier alpha value is -1.24. The van der Waals surface area contributed by atoms with Crippen LogP contribution in [-0.2, 0) is 0 Å². The lowest BCUT2D eigenvalue weighted by Crippen LogP contribution is -2.41. The van der Waals surface area contributed by atoms with Gasteiger partial charge in [-0.05, 0) is 58.6 Å². The Morgan fingerprint density at radius 3 is 2.70 bits per heavy atom. The molecule has 1 N–H and O–H groups in total. The van der Waals surface area contributed by atoms with Crippen molar-refractivity contribution in [2.45, 2.75) is 18.9 Å². The molecule has 1 aliphatic rings. The SMILES string of the molecule is O=C(c1ccc(Br)s1)N1CCC[C@@H]([C@@H](O)c2ccc(F)cc2)C1. The number of carbonyl (C=O) groups is 1. The van der Waals surface area contributed by atoms with Gasteiger partial charge in [-0.1, -0.05) is 12.1 Å². The molecular formula is C17H17BrFNO2S. The molecule has 6 heteroatoms.